The van der Waals surface area contributed by atoms with E-state index in [1.807, 2.05) is 0 Å². The number of hydrogen-bond acceptors (Lipinski definition) is 4. The number of aryl methyl sites for hydroxylation is 1. The van der Waals surface area contributed by atoms with E-state index >= 15 is 0 Å². The molecule has 0 unspecified atom stereocenters. The number of nitrogen functional groups attached to an aromatic ring is 1. The van der Waals surface area contributed by atoms with Crippen molar-refractivity contribution in [3.8, 4) is 0 Å². The summed E-state index contributed by atoms with van der Waals surface area (Å²) in [5.74, 6) is -1.01. The highest BCUT2D eigenvalue weighted by molar-refractivity contribution is 6.09. The fourth-order valence-electron chi connectivity index (χ4n) is 1.87. The number of rotatable bonds is 3. The van der Waals surface area contributed by atoms with Gasteiger partial charge in [-0.05, 0) is 36.8 Å². The second kappa shape index (κ2) is 5.58. The van der Waals surface area contributed by atoms with E-state index in [9.17, 15) is 19.3 Å². The van der Waals surface area contributed by atoms with Gasteiger partial charge in [-0.2, -0.15) is 0 Å². The number of hydrogen-bond donors (Lipinski definition) is 2. The van der Waals surface area contributed by atoms with Crippen molar-refractivity contribution in [2.75, 3.05) is 11.1 Å². The summed E-state index contributed by atoms with van der Waals surface area (Å²) in [6.07, 6.45) is 0. The molecule has 7 heteroatoms. The number of benzene rings is 2. The summed E-state index contributed by atoms with van der Waals surface area (Å²) in [7, 11) is 0. The monoisotopic (exact) mass is 289 g/mol. The van der Waals surface area contributed by atoms with Crippen LogP contribution in [0.25, 0.3) is 0 Å². The predicted octanol–water partition coefficient (Wildman–Crippen LogP) is 2.88. The van der Waals surface area contributed by atoms with Crippen LogP contribution in [0, 0.1) is 22.9 Å². The number of nitrogens with two attached hydrogens (primary N) is 1. The average Bonchev–Trinajstić information content (AvgIpc) is 2.41. The fraction of sp³-hybridized carbons (Fsp3) is 0.0714. The molecule has 0 atom stereocenters. The van der Waals surface area contributed by atoms with Crippen molar-refractivity contribution in [2.24, 2.45) is 0 Å². The molecule has 108 valence electrons. The van der Waals surface area contributed by atoms with Crippen LogP contribution in [-0.4, -0.2) is 10.8 Å². The standard InChI is InChI=1S/C14H12FN3O3/c1-8-7-9(15)5-6-11(8)17-14(19)10-3-2-4-12(13(10)16)18(20)21/h2-7H,16H2,1H3,(H,17,19). The first-order valence-corrected chi connectivity index (χ1v) is 6.00. The predicted molar refractivity (Wildman–Crippen MR) is 76.6 cm³/mol. The number of amides is 1. The van der Waals surface area contributed by atoms with E-state index in [-0.39, 0.29) is 16.9 Å². The molecule has 0 aliphatic rings. The summed E-state index contributed by atoms with van der Waals surface area (Å²) in [5.41, 5.74) is 6.03. The number of nitrogens with zero attached hydrogens (tertiary/aromatic N) is 1. The molecule has 0 radical (unpaired) electrons. The summed E-state index contributed by atoms with van der Waals surface area (Å²) in [6, 6.07) is 7.87. The molecule has 0 aliphatic carbocycles. The van der Waals surface area contributed by atoms with Gasteiger partial charge in [-0.1, -0.05) is 6.07 Å². The Morgan fingerprint density at radius 2 is 2.05 bits per heavy atom. The lowest BCUT2D eigenvalue weighted by molar-refractivity contribution is -0.383. The number of nitrogens with one attached hydrogen (secondary N) is 1. The number of para-hydroxylation sites is 1. The SMILES string of the molecule is Cc1cc(F)ccc1NC(=O)c1cccc([N+](=O)[O-])c1N. The lowest BCUT2D eigenvalue weighted by Crippen LogP contribution is -2.15. The molecule has 0 saturated heterocycles. The van der Waals surface area contributed by atoms with Crippen LogP contribution in [-0.2, 0) is 0 Å². The molecule has 2 rings (SSSR count). The van der Waals surface area contributed by atoms with Gasteiger partial charge in [-0.15, -0.1) is 0 Å². The van der Waals surface area contributed by atoms with Crippen LogP contribution in [0.5, 0.6) is 0 Å². The fourth-order valence-corrected chi connectivity index (χ4v) is 1.87. The van der Waals surface area contributed by atoms with Crippen LogP contribution in [0.4, 0.5) is 21.5 Å². The van der Waals surface area contributed by atoms with Gasteiger partial charge in [0.15, 0.2) is 0 Å². The van der Waals surface area contributed by atoms with Crippen molar-refractivity contribution >= 4 is 23.0 Å². The summed E-state index contributed by atoms with van der Waals surface area (Å²) < 4.78 is 13.0. The third-order valence-electron chi connectivity index (χ3n) is 2.96. The van der Waals surface area contributed by atoms with Crippen LogP contribution in [0.2, 0.25) is 0 Å². The van der Waals surface area contributed by atoms with Crippen molar-refractivity contribution in [2.45, 2.75) is 6.92 Å². The Balaban J connectivity index is 2.33. The number of carbonyl (C=O) groups excluding carboxylic acids is 1. The molecule has 0 aromatic heterocycles. The maximum absolute atomic E-state index is 13.0. The zero-order valence-electron chi connectivity index (χ0n) is 11.1. The van der Waals surface area contributed by atoms with Gasteiger partial charge in [0.2, 0.25) is 0 Å². The zero-order valence-corrected chi connectivity index (χ0v) is 11.1. The number of carbonyl (C=O) groups is 1. The van der Waals surface area contributed by atoms with Crippen molar-refractivity contribution in [3.63, 3.8) is 0 Å². The molecule has 1 amide bonds. The highest BCUT2D eigenvalue weighted by Gasteiger charge is 2.19. The first kappa shape index (κ1) is 14.4. The number of nitro benzene ring substituents is 1. The molecule has 0 fully saturated rings. The first-order valence-electron chi connectivity index (χ1n) is 6.00. The summed E-state index contributed by atoms with van der Waals surface area (Å²) in [6.45, 7) is 1.63. The molecule has 3 N–H and O–H groups in total. The molecular weight excluding hydrogens is 277 g/mol. The Kier molecular flexibility index (Phi) is 3.84. The van der Waals surface area contributed by atoms with Crippen molar-refractivity contribution in [1.82, 2.24) is 0 Å². The van der Waals surface area contributed by atoms with Crippen LogP contribution in [0.1, 0.15) is 15.9 Å². The van der Waals surface area contributed by atoms with Crippen molar-refractivity contribution < 1.29 is 14.1 Å². The summed E-state index contributed by atoms with van der Waals surface area (Å²) in [4.78, 5) is 22.3. The van der Waals surface area contributed by atoms with Crippen LogP contribution in [0.15, 0.2) is 36.4 Å². The van der Waals surface area contributed by atoms with E-state index in [0.717, 1.165) is 0 Å². The van der Waals surface area contributed by atoms with Crippen molar-refractivity contribution in [1.29, 1.82) is 0 Å². The minimum absolute atomic E-state index is 0.00655. The Morgan fingerprint density at radius 1 is 1.33 bits per heavy atom. The number of anilines is 2. The summed E-state index contributed by atoms with van der Waals surface area (Å²) in [5, 5.41) is 13.4. The van der Waals surface area contributed by atoms with Crippen molar-refractivity contribution in [3.05, 3.63) is 63.5 Å². The molecule has 2 aromatic carbocycles. The second-order valence-corrected chi connectivity index (χ2v) is 4.41. The number of nitro groups is 1. The largest absolute Gasteiger partial charge is 0.393 e. The van der Waals surface area contributed by atoms with Gasteiger partial charge in [-0.25, -0.2) is 4.39 Å². The molecule has 21 heavy (non-hydrogen) atoms. The quantitative estimate of drug-likeness (QED) is 0.515. The van der Waals surface area contributed by atoms with Crippen LogP contribution < -0.4 is 11.1 Å². The maximum atomic E-state index is 13.0. The van der Waals surface area contributed by atoms with Gasteiger partial charge in [0.25, 0.3) is 11.6 Å². The lowest BCUT2D eigenvalue weighted by Gasteiger charge is -2.10. The molecule has 0 bridgehead atoms. The van der Waals surface area contributed by atoms with Gasteiger partial charge >= 0.3 is 0 Å². The lowest BCUT2D eigenvalue weighted by atomic mass is 10.1. The first-order chi connectivity index (χ1) is 9.90. The van der Waals surface area contributed by atoms with Crippen LogP contribution in [0.3, 0.4) is 0 Å². The molecule has 0 spiro atoms. The molecule has 0 heterocycles. The van der Waals surface area contributed by atoms with E-state index in [0.29, 0.717) is 11.3 Å². The van der Waals surface area contributed by atoms with Gasteiger partial charge in [0, 0.05) is 11.8 Å². The maximum Gasteiger partial charge on any atom is 0.292 e. The highest BCUT2D eigenvalue weighted by atomic mass is 19.1. The Labute approximate surface area is 119 Å². The normalized spacial score (nSPS) is 10.2. The van der Waals surface area contributed by atoms with Gasteiger partial charge < -0.3 is 11.1 Å². The Bertz CT molecular complexity index is 731. The third kappa shape index (κ3) is 2.97. The van der Waals surface area contributed by atoms with Crippen LogP contribution >= 0.6 is 0 Å². The van der Waals surface area contributed by atoms with E-state index in [2.05, 4.69) is 5.32 Å². The third-order valence-corrected chi connectivity index (χ3v) is 2.96. The Hall–Kier alpha value is -2.96. The zero-order chi connectivity index (χ0) is 15.6. The summed E-state index contributed by atoms with van der Waals surface area (Å²) >= 11 is 0. The minimum atomic E-state index is -0.657. The molecule has 2 aromatic rings. The smallest absolute Gasteiger partial charge is 0.292 e. The molecular formula is C14H12FN3O3. The van der Waals surface area contributed by atoms with E-state index < -0.39 is 16.6 Å². The number of halogens is 1. The molecule has 0 saturated carbocycles. The average molecular weight is 289 g/mol. The molecule has 6 nitrogen and oxygen atoms in total. The van der Waals surface area contributed by atoms with Gasteiger partial charge in [-0.3, -0.25) is 14.9 Å². The molecule has 0 aliphatic heterocycles. The second-order valence-electron chi connectivity index (χ2n) is 4.41. The highest BCUT2D eigenvalue weighted by Crippen LogP contribution is 2.26. The minimum Gasteiger partial charge on any atom is -0.393 e. The van der Waals surface area contributed by atoms with E-state index in [4.69, 9.17) is 5.73 Å². The van der Waals surface area contributed by atoms with Gasteiger partial charge in [0.05, 0.1) is 10.5 Å². The Morgan fingerprint density at radius 3 is 2.67 bits per heavy atom. The van der Waals surface area contributed by atoms with E-state index in [1.165, 1.54) is 36.4 Å². The van der Waals surface area contributed by atoms with E-state index in [1.54, 1.807) is 6.92 Å². The van der Waals surface area contributed by atoms with Gasteiger partial charge in [0.1, 0.15) is 11.5 Å². The topological polar surface area (TPSA) is 98.3 Å².